The molecular formula is C28H28N2O6S. The van der Waals surface area contributed by atoms with Crippen molar-refractivity contribution < 1.29 is 26.9 Å². The van der Waals surface area contributed by atoms with Gasteiger partial charge < -0.3 is 9.64 Å². The number of benzene rings is 3. The molecule has 3 aromatic carbocycles. The maximum atomic E-state index is 13.9. The Balaban J connectivity index is 1.50. The summed E-state index contributed by atoms with van der Waals surface area (Å²) in [5, 5.41) is 0. The van der Waals surface area contributed by atoms with E-state index < -0.39 is 33.9 Å². The fourth-order valence-electron chi connectivity index (χ4n) is 5.41. The van der Waals surface area contributed by atoms with Crippen LogP contribution in [0.15, 0.2) is 91.0 Å². The zero-order chi connectivity index (χ0) is 26.0. The number of hydrogen-bond acceptors (Lipinski definition) is 6. The second-order valence-electron chi connectivity index (χ2n) is 9.43. The van der Waals surface area contributed by atoms with Crippen LogP contribution >= 0.6 is 0 Å². The van der Waals surface area contributed by atoms with Gasteiger partial charge in [-0.3, -0.25) is 13.9 Å². The molecule has 3 atom stereocenters. The molecule has 2 saturated heterocycles. The van der Waals surface area contributed by atoms with Crippen molar-refractivity contribution in [2.75, 3.05) is 12.8 Å². The van der Waals surface area contributed by atoms with Crippen LogP contribution in [0, 0.1) is 0 Å². The molecule has 0 bridgehead atoms. The summed E-state index contributed by atoms with van der Waals surface area (Å²) < 4.78 is 34.9. The first-order valence-electron chi connectivity index (χ1n) is 12.0. The second kappa shape index (κ2) is 9.99. The Morgan fingerprint density at radius 3 is 2.08 bits per heavy atom. The maximum Gasteiger partial charge on any atom is 0.411 e. The first kappa shape index (κ1) is 25.0. The molecule has 5 rings (SSSR count). The van der Waals surface area contributed by atoms with Gasteiger partial charge in [0.05, 0.1) is 24.9 Å². The molecule has 3 aromatic rings. The molecule has 2 aliphatic heterocycles. The molecule has 2 amide bonds. The van der Waals surface area contributed by atoms with Gasteiger partial charge in [0, 0.05) is 13.0 Å². The van der Waals surface area contributed by atoms with Gasteiger partial charge in [0.15, 0.2) is 5.54 Å². The lowest BCUT2D eigenvalue weighted by Crippen LogP contribution is -2.73. The van der Waals surface area contributed by atoms with E-state index in [9.17, 15) is 18.0 Å². The largest absolute Gasteiger partial charge is 0.445 e. The number of nitrogens with zero attached hydrogens (tertiary/aromatic N) is 2. The number of carbonyl (C=O) groups excluding carboxylic acids is 2. The number of β-lactam (4-membered cyclic amide) rings is 1. The third kappa shape index (κ3) is 4.97. The van der Waals surface area contributed by atoms with Gasteiger partial charge in [-0.2, -0.15) is 8.42 Å². The maximum absolute atomic E-state index is 13.9. The number of rotatable bonds is 7. The van der Waals surface area contributed by atoms with E-state index in [-0.39, 0.29) is 25.5 Å². The molecule has 2 fully saturated rings. The minimum atomic E-state index is -3.81. The summed E-state index contributed by atoms with van der Waals surface area (Å²) in [6, 6.07) is 27.8. The van der Waals surface area contributed by atoms with Crippen molar-refractivity contribution in [2.24, 2.45) is 0 Å². The topological polar surface area (TPSA) is 93.2 Å². The van der Waals surface area contributed by atoms with Gasteiger partial charge in [0.25, 0.3) is 16.0 Å². The van der Waals surface area contributed by atoms with Crippen molar-refractivity contribution in [3.63, 3.8) is 0 Å². The number of carbonyl (C=O) groups is 2. The zero-order valence-electron chi connectivity index (χ0n) is 20.4. The third-order valence-corrected chi connectivity index (χ3v) is 7.47. The number of ether oxygens (including phenoxy) is 1. The first-order chi connectivity index (χ1) is 17.8. The fraction of sp³-hybridized carbons (Fsp3) is 0.286. The molecule has 2 heterocycles. The van der Waals surface area contributed by atoms with E-state index >= 15 is 0 Å². The van der Waals surface area contributed by atoms with Crippen molar-refractivity contribution in [1.82, 2.24) is 9.80 Å². The van der Waals surface area contributed by atoms with Crippen LogP contribution in [0.4, 0.5) is 4.79 Å². The lowest BCUT2D eigenvalue weighted by molar-refractivity contribution is -0.174. The van der Waals surface area contributed by atoms with Crippen LogP contribution in [0.2, 0.25) is 0 Å². The van der Waals surface area contributed by atoms with Crippen molar-refractivity contribution >= 4 is 22.1 Å². The highest BCUT2D eigenvalue weighted by atomic mass is 32.2. The van der Waals surface area contributed by atoms with E-state index in [1.165, 1.54) is 4.90 Å². The summed E-state index contributed by atoms with van der Waals surface area (Å²) in [7, 11) is -3.81. The van der Waals surface area contributed by atoms with Crippen LogP contribution in [0.25, 0.3) is 0 Å². The summed E-state index contributed by atoms with van der Waals surface area (Å²) in [6.45, 7) is 0.308. The molecule has 1 spiro atoms. The Kier molecular flexibility index (Phi) is 6.74. The van der Waals surface area contributed by atoms with E-state index in [1.54, 1.807) is 4.90 Å². The average molecular weight is 521 g/mol. The SMILES string of the molecule is CS(=O)(=O)O[C@H]1CN(C(=O)OCc2ccccc2)[C@]2(C1)C(=O)N(Cc1ccccc1)[C@@H]2c1ccccc1. The summed E-state index contributed by atoms with van der Waals surface area (Å²) in [5.41, 5.74) is 1.28. The Bertz CT molecular complexity index is 1370. The molecule has 2 aliphatic rings. The molecule has 8 nitrogen and oxygen atoms in total. The average Bonchev–Trinajstić information content (AvgIpc) is 3.28. The van der Waals surface area contributed by atoms with Gasteiger partial charge in [-0.05, 0) is 16.7 Å². The molecule has 0 aromatic heterocycles. The van der Waals surface area contributed by atoms with Gasteiger partial charge in [-0.15, -0.1) is 0 Å². The highest BCUT2D eigenvalue weighted by molar-refractivity contribution is 7.86. The molecular weight excluding hydrogens is 492 g/mol. The van der Waals surface area contributed by atoms with Gasteiger partial charge >= 0.3 is 6.09 Å². The Morgan fingerprint density at radius 2 is 1.49 bits per heavy atom. The summed E-state index contributed by atoms with van der Waals surface area (Å²) >= 11 is 0. The van der Waals surface area contributed by atoms with E-state index in [2.05, 4.69) is 0 Å². The minimum Gasteiger partial charge on any atom is -0.445 e. The summed E-state index contributed by atoms with van der Waals surface area (Å²) in [4.78, 5) is 30.5. The van der Waals surface area contributed by atoms with Crippen LogP contribution < -0.4 is 0 Å². The Morgan fingerprint density at radius 1 is 0.919 bits per heavy atom. The van der Waals surface area contributed by atoms with Crippen LogP contribution in [0.1, 0.15) is 29.2 Å². The fourth-order valence-corrected chi connectivity index (χ4v) is 6.03. The Hall–Kier alpha value is -3.69. The van der Waals surface area contributed by atoms with E-state index in [1.807, 2.05) is 91.0 Å². The van der Waals surface area contributed by atoms with Gasteiger partial charge in [0.2, 0.25) is 0 Å². The zero-order valence-corrected chi connectivity index (χ0v) is 21.2. The number of hydrogen-bond donors (Lipinski definition) is 0. The van der Waals surface area contributed by atoms with Crippen molar-refractivity contribution in [2.45, 2.75) is 37.3 Å². The molecule has 0 radical (unpaired) electrons. The summed E-state index contributed by atoms with van der Waals surface area (Å²) in [6.07, 6.45) is -0.537. The van der Waals surface area contributed by atoms with E-state index in [4.69, 9.17) is 8.92 Å². The molecule has 0 unspecified atom stereocenters. The molecule has 37 heavy (non-hydrogen) atoms. The van der Waals surface area contributed by atoms with Gasteiger partial charge in [-0.25, -0.2) is 4.79 Å². The van der Waals surface area contributed by atoms with Crippen molar-refractivity contribution in [3.8, 4) is 0 Å². The summed E-state index contributed by atoms with van der Waals surface area (Å²) in [5.74, 6) is -0.263. The molecule has 9 heteroatoms. The Labute approximate surface area is 216 Å². The number of likely N-dealkylation sites (tertiary alicyclic amines) is 2. The lowest BCUT2D eigenvalue weighted by Gasteiger charge is -2.57. The quantitative estimate of drug-likeness (QED) is 0.347. The normalized spacial score (nSPS) is 23.2. The van der Waals surface area contributed by atoms with E-state index in [0.717, 1.165) is 22.9 Å². The van der Waals surface area contributed by atoms with Crippen LogP contribution in [-0.2, 0) is 37.0 Å². The molecule has 0 saturated carbocycles. The molecule has 0 N–H and O–H groups in total. The van der Waals surface area contributed by atoms with Crippen molar-refractivity contribution in [1.29, 1.82) is 0 Å². The highest BCUT2D eigenvalue weighted by Crippen LogP contribution is 2.54. The predicted octanol–water partition coefficient (Wildman–Crippen LogP) is 3.90. The van der Waals surface area contributed by atoms with Gasteiger partial charge in [0.1, 0.15) is 6.61 Å². The predicted molar refractivity (Wildman–Crippen MR) is 137 cm³/mol. The molecule has 192 valence electrons. The van der Waals surface area contributed by atoms with E-state index in [0.29, 0.717) is 6.54 Å². The standard InChI is InChI=1S/C28H28N2O6S/c1-37(33,34)36-24-17-28(30(19-24)27(32)35-20-22-13-7-3-8-14-22)25(23-15-9-4-10-16-23)29(26(28)31)18-21-11-5-2-6-12-21/h2-16,24-25H,17-20H2,1H3/t24-,25-,28+/m1/s1. The number of amides is 2. The monoisotopic (exact) mass is 520 g/mol. The smallest absolute Gasteiger partial charge is 0.411 e. The minimum absolute atomic E-state index is 0.0295. The lowest BCUT2D eigenvalue weighted by atomic mass is 9.72. The molecule has 0 aliphatic carbocycles. The van der Waals surface area contributed by atoms with Crippen LogP contribution in [0.3, 0.4) is 0 Å². The van der Waals surface area contributed by atoms with Gasteiger partial charge in [-0.1, -0.05) is 91.0 Å². The van der Waals surface area contributed by atoms with Crippen LogP contribution in [-0.4, -0.2) is 54.7 Å². The van der Waals surface area contributed by atoms with Crippen LogP contribution in [0.5, 0.6) is 0 Å². The second-order valence-corrected chi connectivity index (χ2v) is 11.0. The first-order valence-corrected chi connectivity index (χ1v) is 13.9. The highest BCUT2D eigenvalue weighted by Gasteiger charge is 2.69. The third-order valence-electron chi connectivity index (χ3n) is 6.85. The van der Waals surface area contributed by atoms with Crippen molar-refractivity contribution in [3.05, 3.63) is 108 Å².